The molecule has 30 heavy (non-hydrogen) atoms. The van der Waals surface area contributed by atoms with Crippen LogP contribution in [0.15, 0.2) is 24.3 Å². The Kier molecular flexibility index (Phi) is 5.30. The normalized spacial score (nSPS) is 31.1. The summed E-state index contributed by atoms with van der Waals surface area (Å²) >= 11 is 0. The topological polar surface area (TPSA) is 57.2 Å². The van der Waals surface area contributed by atoms with Crippen LogP contribution in [0.4, 0.5) is 0 Å². The minimum atomic E-state index is -0.345. The van der Waals surface area contributed by atoms with Gasteiger partial charge in [0.1, 0.15) is 0 Å². The Labute approximate surface area is 180 Å². The molecule has 5 heteroatoms. The Hall–Kier alpha value is -1.59. The number of imidazole rings is 1. The number of likely N-dealkylation sites (N-methyl/N-ethyl adjacent to an activating group) is 1. The van der Waals surface area contributed by atoms with Crippen molar-refractivity contribution in [3.63, 3.8) is 0 Å². The van der Waals surface area contributed by atoms with Gasteiger partial charge in [-0.25, -0.2) is 0 Å². The molecule has 4 aliphatic rings. The maximum Gasteiger partial charge on any atom is 0.203 e. The summed E-state index contributed by atoms with van der Waals surface area (Å²) in [5, 5.41) is 20.5. The van der Waals surface area contributed by atoms with Crippen LogP contribution in [0.25, 0.3) is 11.0 Å². The second-order valence-corrected chi connectivity index (χ2v) is 10.4. The molecule has 0 radical (unpaired) electrons. The lowest BCUT2D eigenvalue weighted by Gasteiger charge is -2.58. The van der Waals surface area contributed by atoms with Crippen LogP contribution in [0.3, 0.4) is 0 Å². The molecule has 4 aliphatic carbocycles. The smallest absolute Gasteiger partial charge is 0.203 e. The third-order valence-electron chi connectivity index (χ3n) is 8.66. The Morgan fingerprint density at radius 1 is 1.00 bits per heavy atom. The van der Waals surface area contributed by atoms with Crippen molar-refractivity contribution in [3.8, 4) is 0 Å². The van der Waals surface area contributed by atoms with Crippen molar-refractivity contribution in [3.05, 3.63) is 29.9 Å². The zero-order valence-corrected chi connectivity index (χ0v) is 18.7. The van der Waals surface area contributed by atoms with Gasteiger partial charge >= 0.3 is 0 Å². The van der Waals surface area contributed by atoms with Crippen LogP contribution in [-0.2, 0) is 13.1 Å². The summed E-state index contributed by atoms with van der Waals surface area (Å²) in [5.74, 6) is 2.50. The molecule has 5 nitrogen and oxygen atoms in total. The van der Waals surface area contributed by atoms with Gasteiger partial charge in [-0.3, -0.25) is 5.41 Å². The molecule has 0 spiro atoms. The number of hydrogen-bond donors (Lipinski definition) is 2. The lowest BCUT2D eigenvalue weighted by atomic mass is 9.48. The summed E-state index contributed by atoms with van der Waals surface area (Å²) in [4.78, 5) is 2.41. The second-order valence-electron chi connectivity index (χ2n) is 10.4. The van der Waals surface area contributed by atoms with E-state index in [9.17, 15) is 5.11 Å². The molecule has 1 atom stereocenters. The highest BCUT2D eigenvalue weighted by atomic mass is 16.3. The van der Waals surface area contributed by atoms with E-state index in [4.69, 9.17) is 5.41 Å². The molecule has 6 rings (SSSR count). The molecule has 2 aromatic rings. The lowest BCUT2D eigenvalue weighted by molar-refractivity contribution is -0.124. The van der Waals surface area contributed by atoms with Crippen LogP contribution in [0.5, 0.6) is 0 Å². The molecule has 4 fully saturated rings. The number of nitrogens with one attached hydrogen (secondary N) is 1. The number of benzene rings is 1. The van der Waals surface area contributed by atoms with Crippen molar-refractivity contribution in [2.75, 3.05) is 19.6 Å². The number of fused-ring (bicyclic) bond motifs is 1. The first-order chi connectivity index (χ1) is 14.5. The summed E-state index contributed by atoms with van der Waals surface area (Å²) in [7, 11) is 0. The summed E-state index contributed by atoms with van der Waals surface area (Å²) in [5.41, 5.74) is 2.84. The van der Waals surface area contributed by atoms with Crippen molar-refractivity contribution >= 4 is 11.0 Å². The molecule has 1 aromatic carbocycles. The number of para-hydroxylation sites is 2. The first-order valence-corrected chi connectivity index (χ1v) is 12.2. The minimum Gasteiger partial charge on any atom is -0.391 e. The monoisotopic (exact) mass is 410 g/mol. The number of aromatic nitrogens is 2. The molecule has 0 saturated heterocycles. The zero-order chi connectivity index (χ0) is 20.9. The van der Waals surface area contributed by atoms with Crippen molar-refractivity contribution in [1.82, 2.24) is 14.0 Å². The molecular formula is C25H38N4O. The van der Waals surface area contributed by atoms with E-state index in [1.165, 1.54) is 38.5 Å². The molecule has 4 saturated carbocycles. The predicted molar refractivity (Wildman–Crippen MR) is 120 cm³/mol. The maximum atomic E-state index is 11.5. The molecule has 0 amide bonds. The fourth-order valence-electron chi connectivity index (χ4n) is 7.44. The van der Waals surface area contributed by atoms with Crippen LogP contribution in [0, 0.1) is 28.6 Å². The van der Waals surface area contributed by atoms with E-state index in [1.807, 2.05) is 0 Å². The Morgan fingerprint density at radius 2 is 1.53 bits per heavy atom. The van der Waals surface area contributed by atoms with Crippen LogP contribution in [0.2, 0.25) is 0 Å². The van der Waals surface area contributed by atoms with Crippen LogP contribution < -0.4 is 5.62 Å². The lowest BCUT2D eigenvalue weighted by Crippen LogP contribution is -2.53. The minimum absolute atomic E-state index is 0.0958. The largest absolute Gasteiger partial charge is 0.391 e. The number of aliphatic hydroxyl groups excluding tert-OH is 1. The Morgan fingerprint density at radius 3 is 2.07 bits per heavy atom. The van der Waals surface area contributed by atoms with Gasteiger partial charge in [-0.1, -0.05) is 26.0 Å². The van der Waals surface area contributed by atoms with Crippen LogP contribution in [-0.4, -0.2) is 44.9 Å². The molecular weight excluding hydrogens is 372 g/mol. The van der Waals surface area contributed by atoms with E-state index in [-0.39, 0.29) is 11.5 Å². The van der Waals surface area contributed by atoms with Crippen molar-refractivity contribution < 1.29 is 5.11 Å². The third-order valence-corrected chi connectivity index (χ3v) is 8.66. The zero-order valence-electron chi connectivity index (χ0n) is 18.7. The van der Waals surface area contributed by atoms with E-state index in [0.29, 0.717) is 12.2 Å². The van der Waals surface area contributed by atoms with Crippen molar-refractivity contribution in [1.29, 1.82) is 5.41 Å². The fraction of sp³-hybridized carbons (Fsp3) is 0.720. The van der Waals surface area contributed by atoms with Crippen LogP contribution >= 0.6 is 0 Å². The Balaban J connectivity index is 1.43. The average molecular weight is 411 g/mol. The van der Waals surface area contributed by atoms with E-state index in [2.05, 4.69) is 52.1 Å². The SMILES string of the molecule is CCN(CC)CCn1c(=N)n(CC(O)C23CC4CC(CC(C4)C2)C3)c2ccccc21. The van der Waals surface area contributed by atoms with E-state index in [0.717, 1.165) is 55.0 Å². The number of aliphatic hydroxyl groups is 1. The van der Waals surface area contributed by atoms with Gasteiger partial charge in [-0.15, -0.1) is 0 Å². The highest BCUT2D eigenvalue weighted by Crippen LogP contribution is 2.61. The highest BCUT2D eigenvalue weighted by molar-refractivity contribution is 5.75. The fourth-order valence-corrected chi connectivity index (χ4v) is 7.44. The van der Waals surface area contributed by atoms with E-state index >= 15 is 0 Å². The standard InChI is InChI=1S/C25H38N4O/c1-3-27(4-2)9-10-28-21-7-5-6-8-22(21)29(24(28)26)17-23(30)25-14-18-11-19(15-25)13-20(12-18)16-25/h5-8,18-20,23,26,30H,3-4,9-17H2,1-2H3. The number of hydrogen-bond acceptors (Lipinski definition) is 3. The summed E-state index contributed by atoms with van der Waals surface area (Å²) in [6.07, 6.45) is 7.45. The van der Waals surface area contributed by atoms with Crippen LogP contribution in [0.1, 0.15) is 52.4 Å². The predicted octanol–water partition coefficient (Wildman–Crippen LogP) is 3.84. The second kappa shape index (κ2) is 7.83. The van der Waals surface area contributed by atoms with Gasteiger partial charge in [0.2, 0.25) is 5.62 Å². The van der Waals surface area contributed by atoms with E-state index in [1.54, 1.807) is 0 Å². The van der Waals surface area contributed by atoms with Gasteiger partial charge in [-0.2, -0.15) is 0 Å². The third kappa shape index (κ3) is 3.34. The first kappa shape index (κ1) is 20.3. The number of nitrogens with zero attached hydrogens (tertiary/aromatic N) is 3. The Bertz CT molecular complexity index is 918. The highest BCUT2D eigenvalue weighted by Gasteiger charge is 2.54. The van der Waals surface area contributed by atoms with Crippen molar-refractivity contribution in [2.24, 2.45) is 23.2 Å². The molecule has 1 heterocycles. The quantitative estimate of drug-likeness (QED) is 0.695. The molecule has 2 N–H and O–H groups in total. The summed E-state index contributed by atoms with van der Waals surface area (Å²) in [6.45, 7) is 8.80. The molecule has 1 aromatic heterocycles. The van der Waals surface area contributed by atoms with Gasteiger partial charge in [-0.05, 0) is 86.9 Å². The molecule has 164 valence electrons. The van der Waals surface area contributed by atoms with Gasteiger partial charge in [0.05, 0.1) is 23.7 Å². The molecule has 0 aliphatic heterocycles. The first-order valence-electron chi connectivity index (χ1n) is 12.2. The average Bonchev–Trinajstić information content (AvgIpc) is 2.99. The van der Waals surface area contributed by atoms with Crippen molar-refractivity contribution in [2.45, 2.75) is 71.6 Å². The van der Waals surface area contributed by atoms with E-state index < -0.39 is 0 Å². The molecule has 4 bridgehead atoms. The van der Waals surface area contributed by atoms with Gasteiger partial charge in [0.25, 0.3) is 0 Å². The molecule has 1 unspecified atom stereocenters. The number of rotatable bonds is 8. The summed E-state index contributed by atoms with van der Waals surface area (Å²) < 4.78 is 4.22. The van der Waals surface area contributed by atoms with Gasteiger partial charge < -0.3 is 19.1 Å². The maximum absolute atomic E-state index is 11.5. The van der Waals surface area contributed by atoms with Gasteiger partial charge in [0, 0.05) is 13.1 Å². The van der Waals surface area contributed by atoms with Gasteiger partial charge in [0.15, 0.2) is 0 Å². The summed E-state index contributed by atoms with van der Waals surface area (Å²) in [6, 6.07) is 8.37.